The number of nitrogens with one attached hydrogen (secondary N) is 2. The average molecular weight is 1590 g/mol. The van der Waals surface area contributed by atoms with E-state index in [1.165, 1.54) is 47.9 Å². The number of Topliss-reactive ketones (excluding diaryl/α,β-unsaturated/α-hetero) is 2. The number of ketones is 2. The number of carboxylic acids is 1. The third-order valence-electron chi connectivity index (χ3n) is 21.1. The van der Waals surface area contributed by atoms with Gasteiger partial charge in [0.15, 0.2) is 11.6 Å². The van der Waals surface area contributed by atoms with Crippen LogP contribution in [-0.4, -0.2) is 179 Å². The fourth-order valence-corrected chi connectivity index (χ4v) is 16.1. The maximum absolute atomic E-state index is 14.3. The van der Waals surface area contributed by atoms with Gasteiger partial charge >= 0.3 is 34.6 Å². The number of likely N-dealkylation sites (N-methyl/N-ethyl adjacent to an activating group) is 2. The average Bonchev–Trinajstić information content (AvgIpc) is 1.71. The van der Waals surface area contributed by atoms with E-state index in [-0.39, 0.29) is 132 Å². The van der Waals surface area contributed by atoms with Crippen LogP contribution < -0.4 is 10.6 Å². The van der Waals surface area contributed by atoms with Crippen LogP contribution in [0.3, 0.4) is 0 Å². The van der Waals surface area contributed by atoms with Crippen LogP contribution in [0.15, 0.2) is 84.1 Å². The number of likely N-dealkylation sites (tertiary alicyclic amines) is 2. The molecular weight excluding hydrogens is 1460 g/mol. The molecule has 0 aliphatic carbocycles. The first kappa shape index (κ1) is 91.3. The van der Waals surface area contributed by atoms with Gasteiger partial charge in [-0.3, -0.25) is 48.2 Å². The number of esters is 1. The molecule has 2 aromatic carbocycles. The number of rotatable bonds is 42. The van der Waals surface area contributed by atoms with Crippen molar-refractivity contribution in [3.63, 3.8) is 0 Å². The second-order valence-corrected chi connectivity index (χ2v) is 31.4. The van der Waals surface area contributed by atoms with Crippen LogP contribution in [0, 0.1) is 47.3 Å². The van der Waals surface area contributed by atoms with Gasteiger partial charge in [-0.25, -0.2) is 9.97 Å². The van der Waals surface area contributed by atoms with Crippen LogP contribution in [0.1, 0.15) is 227 Å². The molecule has 4 aromatic rings. The molecule has 4 amide bonds. The molecule has 588 valence electrons. The number of benzene rings is 2. The third kappa shape index (κ3) is 29.1. The Balaban J connectivity index is 0.000000435. The molecule has 0 bridgehead atoms. The predicted octanol–water partition coefficient (Wildman–Crippen LogP) is 13.8. The second-order valence-electron chi connectivity index (χ2n) is 29.6. The summed E-state index contributed by atoms with van der Waals surface area (Å²) in [5.74, 6) is -3.18. The number of hydrogen-bond donors (Lipinski definition) is 3. The first-order valence-corrected chi connectivity index (χ1v) is 40.4. The summed E-state index contributed by atoms with van der Waals surface area (Å²) in [7, 11) is 7.71. The Morgan fingerprint density at radius 2 is 0.981 bits per heavy atom. The summed E-state index contributed by atoms with van der Waals surface area (Å²) < 4.78 is 25.8. The third-order valence-corrected chi connectivity index (χ3v) is 23.0. The Labute approximate surface area is 645 Å². The van der Waals surface area contributed by atoms with E-state index in [0.29, 0.717) is 55.3 Å². The Morgan fingerprint density at radius 1 is 0.600 bits per heavy atom. The van der Waals surface area contributed by atoms with Gasteiger partial charge in [-0.1, -0.05) is 168 Å². The SMILES string of the molecule is C=CCOC(=O)[C@@H](C)C[C@H](Cc1ccccc1)NC(=O)c1csc([C@@H](C[C@H](C(C)C)N(C)C(=O)[C@@H](CC(=O)[C@H]2CCCCN2C)[C@@H](C)CC)OCC)n1.CCO[C@H](C[C@H](C(C)C)N(C)C(=O)[C@@H](CC(=O)[C@H]1CCCCN1C)[C@@H](C)CC)c1nc(C(=O)N[C@@H](Cc2ccccc2)C[C@H](C)C(=O)O)cs1.[O]=[Pd]. The summed E-state index contributed by atoms with van der Waals surface area (Å²) in [6.07, 6.45) is 11.4. The zero-order valence-electron chi connectivity index (χ0n) is 65.5. The first-order chi connectivity index (χ1) is 50.1. The second kappa shape index (κ2) is 47.6. The molecule has 2 aliphatic rings. The molecule has 21 nitrogen and oxygen atoms in total. The summed E-state index contributed by atoms with van der Waals surface area (Å²) in [5, 5.41) is 20.5. The van der Waals surface area contributed by atoms with Crippen LogP contribution in [0.25, 0.3) is 0 Å². The van der Waals surface area contributed by atoms with Gasteiger partial charge in [-0.2, -0.15) is 0 Å². The zero-order chi connectivity index (χ0) is 78.0. The van der Waals surface area contributed by atoms with Crippen LogP contribution in [0.4, 0.5) is 0 Å². The number of carbonyl (C=O) groups is 8. The number of piperidine rings is 2. The molecule has 2 aliphatic heterocycles. The van der Waals surface area contributed by atoms with Gasteiger partial charge in [-0.05, 0) is 127 Å². The topological polar surface area (TPSA) is 264 Å². The van der Waals surface area contributed by atoms with Crippen molar-refractivity contribution in [1.29, 1.82) is 0 Å². The van der Waals surface area contributed by atoms with Crippen LogP contribution in [0.5, 0.6) is 0 Å². The van der Waals surface area contributed by atoms with Gasteiger partial charge in [0, 0.05) is 99.8 Å². The Hall–Kier alpha value is -6.10. The van der Waals surface area contributed by atoms with Crippen LogP contribution in [-0.2, 0) is 78.4 Å². The number of amides is 4. The van der Waals surface area contributed by atoms with Crippen molar-refractivity contribution in [2.24, 2.45) is 47.3 Å². The van der Waals surface area contributed by atoms with E-state index in [9.17, 15) is 43.5 Å². The van der Waals surface area contributed by atoms with Crippen molar-refractivity contribution in [3.8, 4) is 0 Å². The molecule has 4 heterocycles. The fraction of sp³-hybridized carbons (Fsp3) is 0.654. The number of carboxylic acid groups (broad SMARTS) is 1. The number of aliphatic carboxylic acids is 1. The van der Waals surface area contributed by atoms with Crippen molar-refractivity contribution < 1.29 is 80.3 Å². The van der Waals surface area contributed by atoms with E-state index < -0.39 is 47.9 Å². The minimum atomic E-state index is -0.908. The first-order valence-electron chi connectivity index (χ1n) is 38.0. The minimum absolute atomic E-state index is 0.00798. The standard InChI is InChI=1S/C42H64N4O6S.C39H60N4O6S.O.Pd/c1-10-22-52-42(50)30(7)23-32(24-31-18-14-13-15-19-31)43-39(48)34-27-53-40(44-34)38(51-12-3)26-36(28(4)5)46(9)41(49)33(29(6)11-2)25-37(47)35-20-16-17-21-45(35)8;1-9-26(5)30(22-34(44)32-18-14-15-19-42(32)7)38(46)43(8)33(25(3)4)23-35(49-10-2)37-41-31(24-50-37)36(45)40-29(20-27(6)39(47)48)21-28-16-12-11-13-17-28;;/h10,13-15,18-19,27-30,32-33,35-36,38H,1,11-12,16-17,20-26H2,2-9H3,(H,43,48);11-13,16-17,24-27,29-30,32-33,35H,9-10,14-15,18-23H2,1-8H3,(H,40,45)(H,47,48);;/t29-,30-,32+,33-,35+,36+,38+;26-,27-,29+,30-,32+,33+,35+;;/m00../s1. The van der Waals surface area contributed by atoms with Gasteiger partial charge in [0.25, 0.3) is 11.8 Å². The monoisotopic (exact) mass is 1590 g/mol. The van der Waals surface area contributed by atoms with Crippen LogP contribution >= 0.6 is 22.7 Å². The van der Waals surface area contributed by atoms with Crippen molar-refractivity contribution in [1.82, 2.24) is 40.2 Å². The summed E-state index contributed by atoms with van der Waals surface area (Å²) >= 11 is 4.21. The molecule has 0 radical (unpaired) electrons. The van der Waals surface area contributed by atoms with Crippen molar-refractivity contribution in [2.45, 2.75) is 234 Å². The normalized spacial score (nSPS) is 18.3. The predicted molar refractivity (Wildman–Crippen MR) is 411 cm³/mol. The molecule has 6 rings (SSSR count). The van der Waals surface area contributed by atoms with E-state index in [1.807, 2.05) is 113 Å². The summed E-state index contributed by atoms with van der Waals surface area (Å²) in [4.78, 5) is 124. The Kier molecular flexibility index (Phi) is 41.4. The molecule has 0 saturated carbocycles. The summed E-state index contributed by atoms with van der Waals surface area (Å²) in [6, 6.07) is 18.2. The summed E-state index contributed by atoms with van der Waals surface area (Å²) in [5.41, 5.74) is 2.58. The van der Waals surface area contributed by atoms with E-state index >= 15 is 0 Å². The molecule has 14 atom stereocenters. The molecule has 24 heteroatoms. The molecule has 2 saturated heterocycles. The van der Waals surface area contributed by atoms with Crippen molar-refractivity contribution in [3.05, 3.63) is 117 Å². The number of thiazole rings is 2. The number of ether oxygens (including phenoxy) is 3. The fourth-order valence-electron chi connectivity index (χ4n) is 14.3. The van der Waals surface area contributed by atoms with Gasteiger partial charge in [0.05, 0.1) is 23.9 Å². The van der Waals surface area contributed by atoms with Crippen molar-refractivity contribution >= 4 is 69.8 Å². The molecule has 0 spiro atoms. The number of aromatic nitrogens is 2. The summed E-state index contributed by atoms with van der Waals surface area (Å²) in [6.45, 7) is 30.4. The Bertz CT molecular complexity index is 3300. The number of carbonyl (C=O) groups excluding carboxylic acids is 7. The van der Waals surface area contributed by atoms with Gasteiger partial charge in [-0.15, -0.1) is 22.7 Å². The molecule has 0 unspecified atom stereocenters. The van der Waals surface area contributed by atoms with E-state index in [1.54, 1.807) is 24.6 Å². The molecular formula is C81H124N8O13PdS2. The van der Waals surface area contributed by atoms with Gasteiger partial charge in [0.2, 0.25) is 11.8 Å². The number of hydrogen-bond acceptors (Lipinski definition) is 18. The molecule has 3 N–H and O–H groups in total. The molecule has 2 fully saturated rings. The van der Waals surface area contributed by atoms with E-state index in [4.69, 9.17) is 27.6 Å². The zero-order valence-corrected chi connectivity index (χ0v) is 68.6. The quantitative estimate of drug-likeness (QED) is 0.0211. The number of nitrogens with zero attached hydrogens (tertiary/aromatic N) is 6. The van der Waals surface area contributed by atoms with Gasteiger partial charge < -0.3 is 39.8 Å². The van der Waals surface area contributed by atoms with E-state index in [2.05, 4.69) is 82.4 Å². The molecule has 105 heavy (non-hydrogen) atoms. The van der Waals surface area contributed by atoms with Crippen molar-refractivity contribution in [2.75, 3.05) is 61.1 Å². The maximum atomic E-state index is 14.3. The van der Waals surface area contributed by atoms with E-state index in [0.717, 1.165) is 75.6 Å². The molecule has 2 aromatic heterocycles. The Morgan fingerprint density at radius 3 is 1.31 bits per heavy atom. The van der Waals surface area contributed by atoms with Crippen LogP contribution in [0.2, 0.25) is 0 Å². The van der Waals surface area contributed by atoms with Gasteiger partial charge in [0.1, 0.15) is 40.2 Å².